The van der Waals surface area contributed by atoms with E-state index in [1.807, 2.05) is 0 Å². The zero-order valence-electron chi connectivity index (χ0n) is 11.5. The first kappa shape index (κ1) is 14.8. The number of methoxy groups -OCH3 is 1. The molecule has 0 spiro atoms. The van der Waals surface area contributed by atoms with Crippen LogP contribution in [0.5, 0.6) is 0 Å². The second-order valence-electron chi connectivity index (χ2n) is 4.59. The summed E-state index contributed by atoms with van der Waals surface area (Å²) in [7, 11) is 1.29. The molecule has 1 fully saturated rings. The van der Waals surface area contributed by atoms with E-state index in [9.17, 15) is 9.59 Å². The van der Waals surface area contributed by atoms with Gasteiger partial charge in [0.2, 0.25) is 0 Å². The molecule has 8 nitrogen and oxygen atoms in total. The first-order chi connectivity index (χ1) is 10.1. The van der Waals surface area contributed by atoms with Crippen molar-refractivity contribution in [2.45, 2.75) is 18.9 Å². The number of carbonyl (C=O) groups excluding carboxylic acids is 2. The van der Waals surface area contributed by atoms with Crippen LogP contribution in [-0.4, -0.2) is 52.5 Å². The van der Waals surface area contributed by atoms with Crippen LogP contribution in [0.3, 0.4) is 0 Å². The SMILES string of the molecule is COC(=O)[C@@H]1CCCN1C(=O)c1cnccc1C(N)=NO. The number of oxime groups is 1. The highest BCUT2D eigenvalue weighted by atomic mass is 16.5. The van der Waals surface area contributed by atoms with Gasteiger partial charge in [0.1, 0.15) is 6.04 Å². The Labute approximate surface area is 121 Å². The van der Waals surface area contributed by atoms with E-state index >= 15 is 0 Å². The van der Waals surface area contributed by atoms with E-state index in [1.54, 1.807) is 0 Å². The molecular weight excluding hydrogens is 276 g/mol. The van der Waals surface area contributed by atoms with Gasteiger partial charge >= 0.3 is 5.97 Å². The van der Waals surface area contributed by atoms with Crippen LogP contribution in [0.4, 0.5) is 0 Å². The maximum absolute atomic E-state index is 12.6. The number of amidine groups is 1. The molecule has 1 atom stereocenters. The molecule has 2 heterocycles. The smallest absolute Gasteiger partial charge is 0.328 e. The van der Waals surface area contributed by atoms with Crippen LogP contribution in [0.25, 0.3) is 0 Å². The topological polar surface area (TPSA) is 118 Å². The third kappa shape index (κ3) is 2.78. The van der Waals surface area contributed by atoms with Crippen LogP contribution >= 0.6 is 0 Å². The van der Waals surface area contributed by atoms with Crippen molar-refractivity contribution in [2.75, 3.05) is 13.7 Å². The Morgan fingerprint density at radius 1 is 1.52 bits per heavy atom. The van der Waals surface area contributed by atoms with Crippen molar-refractivity contribution in [1.82, 2.24) is 9.88 Å². The van der Waals surface area contributed by atoms with E-state index in [2.05, 4.69) is 10.1 Å². The van der Waals surface area contributed by atoms with Crippen molar-refractivity contribution in [2.24, 2.45) is 10.9 Å². The number of aromatic nitrogens is 1. The Bertz CT molecular complexity index is 587. The second kappa shape index (κ2) is 6.21. The number of nitrogens with zero attached hydrogens (tertiary/aromatic N) is 3. The summed E-state index contributed by atoms with van der Waals surface area (Å²) in [5.41, 5.74) is 6.02. The molecule has 2 rings (SSSR count). The lowest BCUT2D eigenvalue weighted by Crippen LogP contribution is -2.41. The molecule has 112 valence electrons. The molecule has 1 saturated heterocycles. The van der Waals surface area contributed by atoms with Crippen molar-refractivity contribution in [3.63, 3.8) is 0 Å². The summed E-state index contributed by atoms with van der Waals surface area (Å²) in [4.78, 5) is 29.6. The van der Waals surface area contributed by atoms with Crippen LogP contribution in [0.1, 0.15) is 28.8 Å². The van der Waals surface area contributed by atoms with E-state index in [-0.39, 0.29) is 17.0 Å². The van der Waals surface area contributed by atoms with Gasteiger partial charge in [-0.2, -0.15) is 0 Å². The van der Waals surface area contributed by atoms with E-state index in [1.165, 1.54) is 30.5 Å². The number of hydrogen-bond acceptors (Lipinski definition) is 6. The van der Waals surface area contributed by atoms with Crippen LogP contribution in [0.15, 0.2) is 23.6 Å². The largest absolute Gasteiger partial charge is 0.467 e. The fourth-order valence-corrected chi connectivity index (χ4v) is 2.39. The van der Waals surface area contributed by atoms with Gasteiger partial charge in [0.25, 0.3) is 5.91 Å². The molecule has 0 bridgehead atoms. The molecule has 1 aromatic heterocycles. The van der Waals surface area contributed by atoms with E-state index in [0.717, 1.165) is 0 Å². The molecule has 1 aromatic rings. The van der Waals surface area contributed by atoms with Crippen molar-refractivity contribution in [1.29, 1.82) is 0 Å². The van der Waals surface area contributed by atoms with E-state index in [0.29, 0.717) is 19.4 Å². The third-order valence-corrected chi connectivity index (χ3v) is 3.42. The van der Waals surface area contributed by atoms with E-state index in [4.69, 9.17) is 15.7 Å². The van der Waals surface area contributed by atoms with Crippen molar-refractivity contribution in [3.05, 3.63) is 29.6 Å². The predicted octanol–water partition coefficient (Wildman–Crippen LogP) is -0.0463. The van der Waals surface area contributed by atoms with Crippen molar-refractivity contribution in [3.8, 4) is 0 Å². The molecule has 21 heavy (non-hydrogen) atoms. The maximum Gasteiger partial charge on any atom is 0.328 e. The lowest BCUT2D eigenvalue weighted by Gasteiger charge is -2.23. The summed E-state index contributed by atoms with van der Waals surface area (Å²) >= 11 is 0. The van der Waals surface area contributed by atoms with Gasteiger partial charge in [-0.1, -0.05) is 5.16 Å². The number of hydrogen-bond donors (Lipinski definition) is 2. The van der Waals surface area contributed by atoms with Gasteiger partial charge in [-0.3, -0.25) is 9.78 Å². The first-order valence-electron chi connectivity index (χ1n) is 6.40. The summed E-state index contributed by atoms with van der Waals surface area (Å²) in [6.45, 7) is 0.448. The van der Waals surface area contributed by atoms with Crippen LogP contribution in [0, 0.1) is 0 Å². The fraction of sp³-hybridized carbons (Fsp3) is 0.385. The average Bonchev–Trinajstić information content (AvgIpc) is 3.02. The predicted molar refractivity (Wildman–Crippen MR) is 72.8 cm³/mol. The van der Waals surface area contributed by atoms with Crippen LogP contribution < -0.4 is 5.73 Å². The lowest BCUT2D eigenvalue weighted by molar-refractivity contribution is -0.145. The molecule has 1 aliphatic heterocycles. The summed E-state index contributed by atoms with van der Waals surface area (Å²) in [6.07, 6.45) is 4.04. The molecular formula is C13H16N4O4. The molecule has 8 heteroatoms. The van der Waals surface area contributed by atoms with Gasteiger partial charge in [0.05, 0.1) is 12.7 Å². The first-order valence-corrected chi connectivity index (χ1v) is 6.40. The highest BCUT2D eigenvalue weighted by Crippen LogP contribution is 2.22. The Balaban J connectivity index is 2.34. The van der Waals surface area contributed by atoms with E-state index < -0.39 is 17.9 Å². The molecule has 0 unspecified atom stereocenters. The molecule has 3 N–H and O–H groups in total. The van der Waals surface area contributed by atoms with Gasteiger partial charge in [-0.05, 0) is 18.9 Å². The number of likely N-dealkylation sites (tertiary alicyclic amines) is 1. The number of carbonyl (C=O) groups is 2. The van der Waals surface area contributed by atoms with Gasteiger partial charge < -0.3 is 20.6 Å². The minimum absolute atomic E-state index is 0.184. The Morgan fingerprint density at radius 2 is 2.29 bits per heavy atom. The third-order valence-electron chi connectivity index (χ3n) is 3.42. The van der Waals surface area contributed by atoms with Gasteiger partial charge in [0.15, 0.2) is 5.84 Å². The van der Waals surface area contributed by atoms with Gasteiger partial charge in [-0.25, -0.2) is 4.79 Å². The maximum atomic E-state index is 12.6. The number of pyridine rings is 1. The molecule has 1 amide bonds. The quantitative estimate of drug-likeness (QED) is 0.265. The summed E-state index contributed by atoms with van der Waals surface area (Å²) < 4.78 is 4.71. The molecule has 0 radical (unpaired) electrons. The zero-order chi connectivity index (χ0) is 15.4. The van der Waals surface area contributed by atoms with Crippen molar-refractivity contribution >= 4 is 17.7 Å². The lowest BCUT2D eigenvalue weighted by atomic mass is 10.1. The number of nitrogens with two attached hydrogens (primary N) is 1. The van der Waals surface area contributed by atoms with Gasteiger partial charge in [0, 0.05) is 24.5 Å². The zero-order valence-corrected chi connectivity index (χ0v) is 11.5. The Kier molecular flexibility index (Phi) is 4.36. The number of esters is 1. The molecule has 0 aliphatic carbocycles. The normalized spacial score (nSPS) is 18.6. The minimum Gasteiger partial charge on any atom is -0.467 e. The van der Waals surface area contributed by atoms with Crippen molar-refractivity contribution < 1.29 is 19.5 Å². The molecule has 0 aromatic carbocycles. The summed E-state index contributed by atoms with van der Waals surface area (Å²) in [5.74, 6) is -1.03. The summed E-state index contributed by atoms with van der Waals surface area (Å²) in [5, 5.41) is 11.7. The standard InChI is InChI=1S/C13H16N4O4/c1-21-13(19)10-3-2-6-17(10)12(18)9-7-15-5-4-8(9)11(14)16-20/h4-5,7,10,20H,2-3,6H2,1H3,(H2,14,16)/t10-/m0/s1. The fourth-order valence-electron chi connectivity index (χ4n) is 2.39. The average molecular weight is 292 g/mol. The Hall–Kier alpha value is -2.64. The Morgan fingerprint density at radius 3 is 2.95 bits per heavy atom. The van der Waals surface area contributed by atoms with Crippen LogP contribution in [-0.2, 0) is 9.53 Å². The highest BCUT2D eigenvalue weighted by Gasteiger charge is 2.36. The monoisotopic (exact) mass is 292 g/mol. The number of amides is 1. The van der Waals surface area contributed by atoms with Gasteiger partial charge in [-0.15, -0.1) is 0 Å². The van der Waals surface area contributed by atoms with Crippen LogP contribution in [0.2, 0.25) is 0 Å². The number of ether oxygens (including phenoxy) is 1. The molecule has 1 aliphatic rings. The number of rotatable bonds is 3. The summed E-state index contributed by atoms with van der Waals surface area (Å²) in [6, 6.07) is 0.869. The molecule has 0 saturated carbocycles. The second-order valence-corrected chi connectivity index (χ2v) is 4.59. The minimum atomic E-state index is -0.608. The highest BCUT2D eigenvalue weighted by molar-refractivity contribution is 6.09.